The molecule has 1 aromatic rings. The van der Waals surface area contributed by atoms with Crippen LogP contribution >= 0.6 is 0 Å². The fourth-order valence-corrected chi connectivity index (χ4v) is 3.69. The van der Waals surface area contributed by atoms with Crippen LogP contribution in [0.5, 0.6) is 0 Å². The number of carbonyl (C=O) groups is 1. The van der Waals surface area contributed by atoms with Crippen molar-refractivity contribution in [3.8, 4) is 0 Å². The molecule has 1 aliphatic rings. The molecule has 0 aliphatic carbocycles. The van der Waals surface area contributed by atoms with Crippen LogP contribution in [0.25, 0.3) is 0 Å². The first kappa shape index (κ1) is 17.8. The average molecular weight is 342 g/mol. The largest absolute Gasteiger partial charge is 0.383 e. The van der Waals surface area contributed by atoms with Gasteiger partial charge in [0, 0.05) is 52.2 Å². The van der Waals surface area contributed by atoms with Gasteiger partial charge in [0.25, 0.3) is 0 Å². The molecule has 23 heavy (non-hydrogen) atoms. The lowest BCUT2D eigenvalue weighted by molar-refractivity contribution is -0.131. The van der Waals surface area contributed by atoms with Crippen molar-refractivity contribution in [3.05, 3.63) is 24.5 Å². The van der Waals surface area contributed by atoms with E-state index in [4.69, 9.17) is 4.74 Å². The minimum Gasteiger partial charge on any atom is -0.383 e. The third kappa shape index (κ3) is 4.71. The van der Waals surface area contributed by atoms with Crippen molar-refractivity contribution < 1.29 is 17.9 Å². The van der Waals surface area contributed by atoms with Gasteiger partial charge in [-0.25, -0.2) is 8.42 Å². The monoisotopic (exact) mass is 342 g/mol. The Balaban J connectivity index is 1.85. The first-order valence-corrected chi connectivity index (χ1v) is 8.87. The Morgan fingerprint density at radius 1 is 1.35 bits per heavy atom. The highest BCUT2D eigenvalue weighted by Gasteiger charge is 2.29. The predicted octanol–water partition coefficient (Wildman–Crippen LogP) is -0.849. The minimum absolute atomic E-state index is 0.0282. The molecule has 1 aliphatic heterocycles. The van der Waals surface area contributed by atoms with Gasteiger partial charge in [0.1, 0.15) is 4.90 Å². The van der Waals surface area contributed by atoms with E-state index in [1.807, 2.05) is 0 Å². The number of carbonyl (C=O) groups excluding carboxylic acids is 1. The van der Waals surface area contributed by atoms with Crippen LogP contribution in [0.4, 0.5) is 0 Å². The van der Waals surface area contributed by atoms with Crippen molar-refractivity contribution in [2.24, 2.45) is 0 Å². The first-order valence-electron chi connectivity index (χ1n) is 7.43. The highest BCUT2D eigenvalue weighted by Crippen LogP contribution is 2.16. The third-order valence-electron chi connectivity index (χ3n) is 3.62. The lowest BCUT2D eigenvalue weighted by atomic mass is 10.3. The Bertz CT molecular complexity index is 600. The number of sulfonamides is 1. The Morgan fingerprint density at radius 2 is 2.09 bits per heavy atom. The number of nitrogens with one attached hydrogen (secondary N) is 1. The molecule has 1 fully saturated rings. The molecule has 1 amide bonds. The molecule has 1 aromatic heterocycles. The summed E-state index contributed by atoms with van der Waals surface area (Å²) in [5.41, 5.74) is 0. The Hall–Kier alpha value is -1.55. The topological polar surface area (TPSA) is 91.8 Å². The molecule has 8 nitrogen and oxygen atoms in total. The molecule has 1 saturated heterocycles. The summed E-state index contributed by atoms with van der Waals surface area (Å²) in [4.78, 5) is 17.7. The SMILES string of the molecule is COCCNCC(=O)N1CCN(S(=O)(=O)c2cccnc2)CC1. The van der Waals surface area contributed by atoms with E-state index in [2.05, 4.69) is 10.3 Å². The lowest BCUT2D eigenvalue weighted by Gasteiger charge is -2.34. The molecule has 0 saturated carbocycles. The van der Waals surface area contributed by atoms with Gasteiger partial charge in [-0.3, -0.25) is 9.78 Å². The summed E-state index contributed by atoms with van der Waals surface area (Å²) in [6.07, 6.45) is 2.87. The van der Waals surface area contributed by atoms with Crippen LogP contribution in [0.1, 0.15) is 0 Å². The average Bonchev–Trinajstić information content (AvgIpc) is 2.59. The van der Waals surface area contributed by atoms with Crippen molar-refractivity contribution in [2.45, 2.75) is 4.90 Å². The number of ether oxygens (including phenoxy) is 1. The Morgan fingerprint density at radius 3 is 2.70 bits per heavy atom. The van der Waals surface area contributed by atoms with E-state index in [1.54, 1.807) is 18.1 Å². The van der Waals surface area contributed by atoms with Crippen LogP contribution in [0.15, 0.2) is 29.4 Å². The maximum Gasteiger partial charge on any atom is 0.244 e. The number of hydrogen-bond acceptors (Lipinski definition) is 6. The van der Waals surface area contributed by atoms with Gasteiger partial charge >= 0.3 is 0 Å². The van der Waals surface area contributed by atoms with E-state index in [9.17, 15) is 13.2 Å². The van der Waals surface area contributed by atoms with Gasteiger partial charge in [0.2, 0.25) is 15.9 Å². The number of aromatic nitrogens is 1. The van der Waals surface area contributed by atoms with Gasteiger partial charge in [-0.2, -0.15) is 4.31 Å². The van der Waals surface area contributed by atoms with Gasteiger partial charge < -0.3 is 15.0 Å². The number of hydrogen-bond donors (Lipinski definition) is 1. The molecule has 0 radical (unpaired) electrons. The highest BCUT2D eigenvalue weighted by molar-refractivity contribution is 7.89. The quantitative estimate of drug-likeness (QED) is 0.649. The molecule has 128 valence electrons. The summed E-state index contributed by atoms with van der Waals surface area (Å²) in [6, 6.07) is 3.12. The lowest BCUT2D eigenvalue weighted by Crippen LogP contribution is -2.52. The van der Waals surface area contributed by atoms with Crippen LogP contribution in [-0.2, 0) is 19.6 Å². The van der Waals surface area contributed by atoms with Crippen LogP contribution in [0, 0.1) is 0 Å². The number of amides is 1. The van der Waals surface area contributed by atoms with E-state index >= 15 is 0 Å². The van der Waals surface area contributed by atoms with Crippen molar-refractivity contribution in [1.82, 2.24) is 19.5 Å². The minimum atomic E-state index is -3.53. The van der Waals surface area contributed by atoms with Gasteiger partial charge in [0.05, 0.1) is 13.2 Å². The number of nitrogens with zero attached hydrogens (tertiary/aromatic N) is 3. The molecule has 0 spiro atoms. The molecule has 0 aromatic carbocycles. The standard InChI is InChI=1S/C14H22N4O4S/c1-22-10-5-16-12-14(19)17-6-8-18(9-7-17)23(20,21)13-3-2-4-15-11-13/h2-4,11,16H,5-10,12H2,1H3. The molecule has 2 heterocycles. The summed E-state index contributed by atoms with van der Waals surface area (Å²) in [5, 5.41) is 2.99. The Labute approximate surface area is 136 Å². The molecule has 0 bridgehead atoms. The zero-order valence-electron chi connectivity index (χ0n) is 13.1. The summed E-state index contributed by atoms with van der Waals surface area (Å²) < 4.78 is 31.2. The maximum atomic E-state index is 12.5. The van der Waals surface area contributed by atoms with Crippen molar-refractivity contribution >= 4 is 15.9 Å². The molecule has 0 atom stereocenters. The molecule has 2 rings (SSSR count). The van der Waals surface area contributed by atoms with Crippen LogP contribution in [0.2, 0.25) is 0 Å². The molecule has 9 heteroatoms. The van der Waals surface area contributed by atoms with E-state index in [0.717, 1.165) is 0 Å². The molecule has 0 unspecified atom stereocenters. The fraction of sp³-hybridized carbons (Fsp3) is 0.571. The first-order chi connectivity index (χ1) is 11.1. The number of rotatable bonds is 7. The van der Waals surface area contributed by atoms with Crippen LogP contribution < -0.4 is 5.32 Å². The molecule has 1 N–H and O–H groups in total. The van der Waals surface area contributed by atoms with Crippen LogP contribution in [-0.4, -0.2) is 81.5 Å². The maximum absolute atomic E-state index is 12.5. The van der Waals surface area contributed by atoms with Gasteiger partial charge in [-0.15, -0.1) is 0 Å². The number of pyridine rings is 1. The summed E-state index contributed by atoms with van der Waals surface area (Å²) in [7, 11) is -1.93. The summed E-state index contributed by atoms with van der Waals surface area (Å²) in [5.74, 6) is -0.0282. The van der Waals surface area contributed by atoms with Crippen molar-refractivity contribution in [1.29, 1.82) is 0 Å². The van der Waals surface area contributed by atoms with Crippen molar-refractivity contribution in [2.75, 3.05) is 53.0 Å². The molecular weight excluding hydrogens is 320 g/mol. The smallest absolute Gasteiger partial charge is 0.244 e. The van der Waals surface area contributed by atoms with E-state index < -0.39 is 10.0 Å². The van der Waals surface area contributed by atoms with Gasteiger partial charge in [0.15, 0.2) is 0 Å². The van der Waals surface area contributed by atoms with Gasteiger partial charge in [-0.05, 0) is 12.1 Å². The van der Waals surface area contributed by atoms with Crippen molar-refractivity contribution in [3.63, 3.8) is 0 Å². The molecular formula is C14H22N4O4S. The zero-order valence-corrected chi connectivity index (χ0v) is 14.0. The van der Waals surface area contributed by atoms with E-state index in [1.165, 1.54) is 22.8 Å². The van der Waals surface area contributed by atoms with Crippen LogP contribution in [0.3, 0.4) is 0 Å². The second kappa shape index (κ2) is 8.34. The number of methoxy groups -OCH3 is 1. The Kier molecular flexibility index (Phi) is 6.46. The normalized spacial score (nSPS) is 16.5. The highest BCUT2D eigenvalue weighted by atomic mass is 32.2. The van der Waals surface area contributed by atoms with E-state index in [-0.39, 0.29) is 17.3 Å². The number of piperazine rings is 1. The fourth-order valence-electron chi connectivity index (χ4n) is 2.31. The second-order valence-corrected chi connectivity index (χ2v) is 7.08. The van der Waals surface area contributed by atoms with Gasteiger partial charge in [-0.1, -0.05) is 0 Å². The second-order valence-electron chi connectivity index (χ2n) is 5.14. The zero-order chi connectivity index (χ0) is 16.7. The summed E-state index contributed by atoms with van der Waals surface area (Å²) in [6.45, 7) is 2.76. The predicted molar refractivity (Wildman–Crippen MR) is 84.3 cm³/mol. The summed E-state index contributed by atoms with van der Waals surface area (Å²) >= 11 is 0. The van der Waals surface area contributed by atoms with E-state index in [0.29, 0.717) is 39.3 Å². The third-order valence-corrected chi connectivity index (χ3v) is 5.50.